The topological polar surface area (TPSA) is 61.4 Å². The number of hydrogen-bond acceptors (Lipinski definition) is 3. The summed E-state index contributed by atoms with van der Waals surface area (Å²) in [5.74, 6) is 0.914. The van der Waals surface area contributed by atoms with Gasteiger partial charge in [0, 0.05) is 13.1 Å². The van der Waals surface area contributed by atoms with Gasteiger partial charge < -0.3 is 15.5 Å². The molecule has 0 unspecified atom stereocenters. The summed E-state index contributed by atoms with van der Waals surface area (Å²) >= 11 is 0. The second-order valence-electron chi connectivity index (χ2n) is 10.2. The molecule has 5 nitrogen and oxygen atoms in total. The van der Waals surface area contributed by atoms with E-state index in [0.717, 1.165) is 45.3 Å². The first-order valence-electron chi connectivity index (χ1n) is 12.6. The van der Waals surface area contributed by atoms with Gasteiger partial charge in [0.2, 0.25) is 11.8 Å². The lowest BCUT2D eigenvalue weighted by atomic mass is 9.81. The molecule has 1 saturated heterocycles. The Labute approximate surface area is 182 Å². The molecule has 4 rings (SSSR count). The lowest BCUT2D eigenvalue weighted by Crippen LogP contribution is -2.45. The molecule has 0 radical (unpaired) electrons. The van der Waals surface area contributed by atoms with Crippen molar-refractivity contribution >= 4 is 11.8 Å². The normalized spacial score (nSPS) is 31.0. The standard InChI is InChI=1S/C25H41N3O2/c1-3-18(4-2)17-27-24(30)22-20-10-9-19(25(20)11-12-25)21(22)23(29)26-13-5-6-14-28-15-7-8-16-28/h9-10,18-22H,3-8,11-17H2,1-2H3,(H,26,29)(H,27,30)/t19-,20+,21-,22-/m1/s1. The number of allylic oxidation sites excluding steroid dienone is 2. The molecule has 1 spiro atoms. The van der Waals surface area contributed by atoms with Gasteiger partial charge in [-0.05, 0) is 81.3 Å². The molecule has 0 aromatic rings. The molecule has 1 heterocycles. The lowest BCUT2D eigenvalue weighted by molar-refractivity contribution is -0.135. The van der Waals surface area contributed by atoms with E-state index in [1.807, 2.05) is 0 Å². The van der Waals surface area contributed by atoms with Crippen LogP contribution >= 0.6 is 0 Å². The molecule has 30 heavy (non-hydrogen) atoms. The third-order valence-electron chi connectivity index (χ3n) is 8.57. The zero-order valence-electron chi connectivity index (χ0n) is 19.0. The Kier molecular flexibility index (Phi) is 6.86. The number of carbonyl (C=O) groups is 2. The molecule has 3 aliphatic carbocycles. The molecule has 168 valence electrons. The maximum absolute atomic E-state index is 13.2. The SMILES string of the molecule is CCC(CC)CNC(=O)[C@H]1[C@H](C(=O)NCCCCN2CCCC2)[C@H]2C=C[C@@H]1C21CC1. The summed E-state index contributed by atoms with van der Waals surface area (Å²) < 4.78 is 0. The molecule has 0 aromatic carbocycles. The first-order chi connectivity index (χ1) is 14.6. The maximum atomic E-state index is 13.2. The Hall–Kier alpha value is -1.36. The minimum absolute atomic E-state index is 0.110. The highest BCUT2D eigenvalue weighted by molar-refractivity contribution is 5.90. The van der Waals surface area contributed by atoms with E-state index < -0.39 is 0 Å². The van der Waals surface area contributed by atoms with Gasteiger partial charge in [0.05, 0.1) is 11.8 Å². The summed E-state index contributed by atoms with van der Waals surface area (Å²) in [7, 11) is 0. The van der Waals surface area contributed by atoms with Crippen molar-refractivity contribution in [1.29, 1.82) is 0 Å². The van der Waals surface area contributed by atoms with Crippen LogP contribution in [0.3, 0.4) is 0 Å². The van der Waals surface area contributed by atoms with Crippen molar-refractivity contribution in [3.05, 3.63) is 12.2 Å². The van der Waals surface area contributed by atoms with Crippen molar-refractivity contribution in [2.45, 2.75) is 65.2 Å². The van der Waals surface area contributed by atoms with Crippen molar-refractivity contribution in [3.63, 3.8) is 0 Å². The van der Waals surface area contributed by atoms with E-state index in [-0.39, 0.29) is 40.9 Å². The van der Waals surface area contributed by atoms with Gasteiger partial charge in [0.15, 0.2) is 0 Å². The average molecular weight is 416 g/mol. The van der Waals surface area contributed by atoms with Crippen molar-refractivity contribution in [3.8, 4) is 0 Å². The highest BCUT2D eigenvalue weighted by Crippen LogP contribution is 2.72. The van der Waals surface area contributed by atoms with E-state index in [2.05, 4.69) is 41.5 Å². The Balaban J connectivity index is 1.31. The van der Waals surface area contributed by atoms with E-state index in [1.165, 1.54) is 38.8 Å². The molecule has 0 aromatic heterocycles. The van der Waals surface area contributed by atoms with Crippen molar-refractivity contribution in [1.82, 2.24) is 15.5 Å². The van der Waals surface area contributed by atoms with Crippen LogP contribution in [0, 0.1) is 35.0 Å². The van der Waals surface area contributed by atoms with Crippen molar-refractivity contribution in [2.75, 3.05) is 32.7 Å². The summed E-state index contributed by atoms with van der Waals surface area (Å²) in [5.41, 5.74) is 0.217. The molecule has 1 aliphatic heterocycles. The number of carbonyl (C=O) groups excluding carboxylic acids is 2. The first kappa shape index (κ1) is 21.9. The van der Waals surface area contributed by atoms with Gasteiger partial charge in [0.1, 0.15) is 0 Å². The van der Waals surface area contributed by atoms with Gasteiger partial charge >= 0.3 is 0 Å². The van der Waals surface area contributed by atoms with Crippen LogP contribution < -0.4 is 10.6 Å². The van der Waals surface area contributed by atoms with E-state index in [4.69, 9.17) is 0 Å². The van der Waals surface area contributed by atoms with E-state index in [0.29, 0.717) is 5.92 Å². The summed E-state index contributed by atoms with van der Waals surface area (Å²) in [6, 6.07) is 0. The predicted molar refractivity (Wildman–Crippen MR) is 120 cm³/mol. The highest BCUT2D eigenvalue weighted by atomic mass is 16.2. The van der Waals surface area contributed by atoms with Crippen LogP contribution in [0.2, 0.25) is 0 Å². The second-order valence-corrected chi connectivity index (χ2v) is 10.2. The number of nitrogens with one attached hydrogen (secondary N) is 2. The number of unbranched alkanes of at least 4 members (excludes halogenated alkanes) is 1. The molecule has 2 bridgehead atoms. The van der Waals surface area contributed by atoms with Crippen LogP contribution in [0.15, 0.2) is 12.2 Å². The van der Waals surface area contributed by atoms with Gasteiger partial charge in [-0.1, -0.05) is 38.8 Å². The Bertz CT molecular complexity index is 647. The minimum Gasteiger partial charge on any atom is -0.356 e. The molecular formula is C25H41N3O2. The minimum atomic E-state index is -0.179. The molecule has 4 atom stereocenters. The molecule has 4 aliphatic rings. The number of nitrogens with zero attached hydrogens (tertiary/aromatic N) is 1. The van der Waals surface area contributed by atoms with Crippen LogP contribution in [0.25, 0.3) is 0 Å². The average Bonchev–Trinajstić information content (AvgIpc) is 3.11. The third kappa shape index (κ3) is 4.19. The molecule has 2 saturated carbocycles. The first-order valence-corrected chi connectivity index (χ1v) is 12.6. The molecule has 2 N–H and O–H groups in total. The number of hydrogen-bond donors (Lipinski definition) is 2. The summed E-state index contributed by atoms with van der Waals surface area (Å²) in [5, 5.41) is 6.41. The summed E-state index contributed by atoms with van der Waals surface area (Å²) in [6.07, 6.45) is 13.8. The largest absolute Gasteiger partial charge is 0.356 e. The van der Waals surface area contributed by atoms with Gasteiger partial charge in [-0.25, -0.2) is 0 Å². The van der Waals surface area contributed by atoms with Gasteiger partial charge in [0.25, 0.3) is 0 Å². The molecule has 2 amide bonds. The van der Waals surface area contributed by atoms with Gasteiger partial charge in [-0.3, -0.25) is 9.59 Å². The molecule has 3 fully saturated rings. The zero-order valence-corrected chi connectivity index (χ0v) is 19.0. The van der Waals surface area contributed by atoms with Crippen LogP contribution in [0.1, 0.15) is 65.2 Å². The second kappa shape index (κ2) is 9.42. The number of likely N-dealkylation sites (tertiary alicyclic amines) is 1. The zero-order chi connectivity index (χ0) is 21.1. The Morgan fingerprint density at radius 2 is 1.57 bits per heavy atom. The van der Waals surface area contributed by atoms with E-state index >= 15 is 0 Å². The van der Waals surface area contributed by atoms with Crippen LogP contribution in [0.4, 0.5) is 0 Å². The predicted octanol–water partition coefficient (Wildman–Crippen LogP) is 3.36. The maximum Gasteiger partial charge on any atom is 0.224 e. The lowest BCUT2D eigenvalue weighted by Gasteiger charge is -2.27. The Morgan fingerprint density at radius 3 is 2.13 bits per heavy atom. The van der Waals surface area contributed by atoms with Crippen molar-refractivity contribution in [2.24, 2.45) is 35.0 Å². The fourth-order valence-electron chi connectivity index (χ4n) is 6.45. The third-order valence-corrected chi connectivity index (χ3v) is 8.57. The van der Waals surface area contributed by atoms with Crippen LogP contribution in [-0.4, -0.2) is 49.4 Å². The summed E-state index contributed by atoms with van der Waals surface area (Å²) in [6.45, 7) is 9.45. The molecular weight excluding hydrogens is 374 g/mol. The quantitative estimate of drug-likeness (QED) is 0.402. The number of rotatable bonds is 11. The fourth-order valence-corrected chi connectivity index (χ4v) is 6.45. The van der Waals surface area contributed by atoms with Gasteiger partial charge in [-0.15, -0.1) is 0 Å². The number of amides is 2. The highest BCUT2D eigenvalue weighted by Gasteiger charge is 2.69. The summed E-state index contributed by atoms with van der Waals surface area (Å²) in [4.78, 5) is 28.9. The Morgan fingerprint density at radius 1 is 0.967 bits per heavy atom. The monoisotopic (exact) mass is 415 g/mol. The van der Waals surface area contributed by atoms with Crippen molar-refractivity contribution < 1.29 is 9.59 Å². The van der Waals surface area contributed by atoms with E-state index in [9.17, 15) is 9.59 Å². The van der Waals surface area contributed by atoms with E-state index in [1.54, 1.807) is 0 Å². The molecule has 5 heteroatoms. The van der Waals surface area contributed by atoms with Crippen LogP contribution in [-0.2, 0) is 9.59 Å². The van der Waals surface area contributed by atoms with Gasteiger partial charge in [-0.2, -0.15) is 0 Å². The fraction of sp³-hybridized carbons (Fsp3) is 0.840. The smallest absolute Gasteiger partial charge is 0.224 e. The van der Waals surface area contributed by atoms with Crippen LogP contribution in [0.5, 0.6) is 0 Å².